The van der Waals surface area contributed by atoms with Crippen LogP contribution in [0.15, 0.2) is 0 Å². The second-order valence-electron chi connectivity index (χ2n) is 3.64. The Morgan fingerprint density at radius 2 is 1.83 bits per heavy atom. The minimum atomic E-state index is -0.910. The Morgan fingerprint density at radius 3 is 2.39 bits per heavy atom. The van der Waals surface area contributed by atoms with Crippen LogP contribution >= 0.6 is 0 Å². The lowest BCUT2D eigenvalue weighted by Crippen LogP contribution is -2.27. The fourth-order valence-electron chi connectivity index (χ4n) is 1.18. The minimum Gasteiger partial charge on any atom is -0.446 e. The smallest absolute Gasteiger partial charge is 0.246 e. The molecule has 8 nitrogen and oxygen atoms in total. The van der Waals surface area contributed by atoms with E-state index in [1.54, 1.807) is 6.92 Å². The van der Waals surface area contributed by atoms with Crippen LogP contribution in [0.5, 0.6) is 5.88 Å². The third-order valence-corrected chi connectivity index (χ3v) is 2.19. The molecular weight excluding hydrogens is 238 g/mol. The highest BCUT2D eigenvalue weighted by Crippen LogP contribution is 2.26. The lowest BCUT2D eigenvalue weighted by Gasteiger charge is -2.21. The number of aliphatic hydroxyl groups excluding tert-OH is 1. The van der Waals surface area contributed by atoms with E-state index >= 15 is 0 Å². The van der Waals surface area contributed by atoms with Gasteiger partial charge in [-0.25, -0.2) is 0 Å². The van der Waals surface area contributed by atoms with Crippen molar-refractivity contribution in [3.63, 3.8) is 0 Å². The highest BCUT2D eigenvalue weighted by atomic mass is 16.7. The molecule has 2 unspecified atom stereocenters. The first kappa shape index (κ1) is 14.3. The zero-order valence-electron chi connectivity index (χ0n) is 10.5. The Hall–Kier alpha value is -1.80. The van der Waals surface area contributed by atoms with E-state index in [2.05, 4.69) is 9.97 Å². The van der Waals surface area contributed by atoms with E-state index in [1.165, 1.54) is 0 Å². The van der Waals surface area contributed by atoms with Crippen LogP contribution in [0.25, 0.3) is 0 Å². The van der Waals surface area contributed by atoms with Gasteiger partial charge in [0.2, 0.25) is 18.1 Å². The Kier molecular flexibility index (Phi) is 4.93. The van der Waals surface area contributed by atoms with Gasteiger partial charge < -0.3 is 31.8 Å². The summed E-state index contributed by atoms with van der Waals surface area (Å²) < 4.78 is 10.6. The molecule has 1 rings (SSSR count). The van der Waals surface area contributed by atoms with Crippen LogP contribution in [0.2, 0.25) is 0 Å². The van der Waals surface area contributed by atoms with Gasteiger partial charge in [0.15, 0.2) is 12.1 Å². The van der Waals surface area contributed by atoms with Gasteiger partial charge in [0.1, 0.15) is 5.69 Å². The second-order valence-corrected chi connectivity index (χ2v) is 3.64. The van der Waals surface area contributed by atoms with Crippen LogP contribution < -0.4 is 21.9 Å². The average molecular weight is 257 g/mol. The molecule has 0 aliphatic carbocycles. The van der Waals surface area contributed by atoms with Crippen LogP contribution in [-0.2, 0) is 4.74 Å². The molecule has 2 atom stereocenters. The summed E-state index contributed by atoms with van der Waals surface area (Å²) in [7, 11) is 0. The maximum absolute atomic E-state index is 9.40. The summed E-state index contributed by atoms with van der Waals surface area (Å²) in [6.45, 7) is 3.61. The number of rotatable bonds is 6. The van der Waals surface area contributed by atoms with Gasteiger partial charge in [0.05, 0.1) is 0 Å². The molecule has 1 aromatic heterocycles. The molecule has 0 aliphatic heterocycles. The first-order valence-electron chi connectivity index (χ1n) is 5.66. The van der Waals surface area contributed by atoms with Gasteiger partial charge in [-0.15, -0.1) is 0 Å². The topological polar surface area (TPSA) is 143 Å². The van der Waals surface area contributed by atoms with Gasteiger partial charge in [-0.2, -0.15) is 9.97 Å². The van der Waals surface area contributed by atoms with Crippen molar-refractivity contribution < 1.29 is 14.6 Å². The minimum absolute atomic E-state index is 0.0393. The molecule has 18 heavy (non-hydrogen) atoms. The maximum Gasteiger partial charge on any atom is 0.246 e. The SMILES string of the molecule is CCC(O)OC(CC)Oc1nc(N)nc(N)c1N. The molecule has 0 aliphatic rings. The molecule has 0 aromatic carbocycles. The Balaban J connectivity index is 2.81. The van der Waals surface area contributed by atoms with Crippen molar-refractivity contribution in [3.05, 3.63) is 0 Å². The van der Waals surface area contributed by atoms with Crippen LogP contribution in [0, 0.1) is 0 Å². The van der Waals surface area contributed by atoms with Gasteiger partial charge in [-0.1, -0.05) is 13.8 Å². The quantitative estimate of drug-likeness (QED) is 0.525. The summed E-state index contributed by atoms with van der Waals surface area (Å²) in [5.41, 5.74) is 16.7. The van der Waals surface area contributed by atoms with E-state index in [0.29, 0.717) is 12.8 Å². The highest BCUT2D eigenvalue weighted by molar-refractivity contribution is 5.65. The number of hydrogen-bond donors (Lipinski definition) is 4. The third kappa shape index (κ3) is 3.60. The first-order chi connectivity index (χ1) is 8.47. The van der Waals surface area contributed by atoms with Crippen LogP contribution in [0.3, 0.4) is 0 Å². The molecular formula is C10H19N5O3. The highest BCUT2D eigenvalue weighted by Gasteiger charge is 2.17. The summed E-state index contributed by atoms with van der Waals surface area (Å²) in [6, 6.07) is 0. The Labute approximate surface area is 105 Å². The molecule has 1 aromatic rings. The number of aliphatic hydroxyl groups is 1. The van der Waals surface area contributed by atoms with Gasteiger partial charge in [0, 0.05) is 6.42 Å². The van der Waals surface area contributed by atoms with Crippen LogP contribution in [0.4, 0.5) is 17.5 Å². The van der Waals surface area contributed by atoms with Crippen LogP contribution in [-0.4, -0.2) is 27.7 Å². The van der Waals surface area contributed by atoms with Crippen molar-refractivity contribution in [2.45, 2.75) is 39.3 Å². The lowest BCUT2D eigenvalue weighted by atomic mass is 10.4. The molecule has 0 radical (unpaired) electrons. The van der Waals surface area contributed by atoms with E-state index in [1.807, 2.05) is 6.92 Å². The summed E-state index contributed by atoms with van der Waals surface area (Å²) in [5.74, 6) is 0.0566. The Bertz CT molecular complexity index is 401. The Morgan fingerprint density at radius 1 is 1.17 bits per heavy atom. The standard InChI is InChI=1S/C10H19N5O3/c1-3-5(16)17-6(4-2)18-9-7(11)8(12)14-10(13)15-9/h5-6,16H,3-4,11H2,1-2H3,(H4,12,13,14,15). The largest absolute Gasteiger partial charge is 0.446 e. The molecule has 0 fully saturated rings. The fourth-order valence-corrected chi connectivity index (χ4v) is 1.18. The van der Waals surface area contributed by atoms with Crippen molar-refractivity contribution in [2.75, 3.05) is 17.2 Å². The van der Waals surface area contributed by atoms with Crippen molar-refractivity contribution in [1.82, 2.24) is 9.97 Å². The van der Waals surface area contributed by atoms with E-state index in [-0.39, 0.29) is 23.3 Å². The lowest BCUT2D eigenvalue weighted by molar-refractivity contribution is -0.198. The number of ether oxygens (including phenoxy) is 2. The molecule has 0 spiro atoms. The van der Waals surface area contributed by atoms with Crippen molar-refractivity contribution >= 4 is 17.5 Å². The first-order valence-corrected chi connectivity index (χ1v) is 5.66. The summed E-state index contributed by atoms with van der Waals surface area (Å²) >= 11 is 0. The molecule has 0 saturated carbocycles. The van der Waals surface area contributed by atoms with E-state index in [9.17, 15) is 5.11 Å². The molecule has 8 heteroatoms. The van der Waals surface area contributed by atoms with Crippen LogP contribution in [0.1, 0.15) is 26.7 Å². The van der Waals surface area contributed by atoms with Gasteiger partial charge in [-0.05, 0) is 6.42 Å². The van der Waals surface area contributed by atoms with Crippen molar-refractivity contribution in [1.29, 1.82) is 0 Å². The van der Waals surface area contributed by atoms with Gasteiger partial charge >= 0.3 is 0 Å². The summed E-state index contributed by atoms with van der Waals surface area (Å²) in [5, 5.41) is 9.40. The van der Waals surface area contributed by atoms with Crippen molar-refractivity contribution in [2.24, 2.45) is 0 Å². The average Bonchev–Trinajstić information content (AvgIpc) is 2.34. The van der Waals surface area contributed by atoms with E-state index in [0.717, 1.165) is 0 Å². The number of nitrogens with zero attached hydrogens (tertiary/aromatic N) is 2. The molecule has 102 valence electrons. The third-order valence-electron chi connectivity index (χ3n) is 2.19. The monoisotopic (exact) mass is 257 g/mol. The zero-order chi connectivity index (χ0) is 13.7. The van der Waals surface area contributed by atoms with E-state index in [4.69, 9.17) is 26.7 Å². The molecule has 0 bridgehead atoms. The molecule has 0 saturated heterocycles. The molecule has 7 N–H and O–H groups in total. The number of aromatic nitrogens is 2. The number of nitrogen functional groups attached to an aromatic ring is 3. The van der Waals surface area contributed by atoms with Crippen molar-refractivity contribution in [3.8, 4) is 5.88 Å². The zero-order valence-corrected chi connectivity index (χ0v) is 10.5. The number of anilines is 3. The van der Waals surface area contributed by atoms with Gasteiger partial charge in [0.25, 0.3) is 0 Å². The summed E-state index contributed by atoms with van der Waals surface area (Å²) in [6.07, 6.45) is -0.646. The normalized spacial score (nSPS) is 14.2. The number of nitrogens with two attached hydrogens (primary N) is 3. The number of hydrogen-bond acceptors (Lipinski definition) is 8. The van der Waals surface area contributed by atoms with Gasteiger partial charge in [-0.3, -0.25) is 0 Å². The summed E-state index contributed by atoms with van der Waals surface area (Å²) in [4.78, 5) is 7.53. The molecule has 0 amide bonds. The fraction of sp³-hybridized carbons (Fsp3) is 0.600. The molecule has 1 heterocycles. The van der Waals surface area contributed by atoms with E-state index < -0.39 is 12.6 Å². The second kappa shape index (κ2) is 6.22. The maximum atomic E-state index is 9.40. The predicted molar refractivity (Wildman–Crippen MR) is 67.4 cm³/mol. The predicted octanol–water partition coefficient (Wildman–Crippen LogP) is 0.0831.